The molecule has 2 aromatic rings. The van der Waals surface area contributed by atoms with E-state index in [4.69, 9.17) is 28.4 Å². The zero-order valence-electron chi connectivity index (χ0n) is 19.7. The van der Waals surface area contributed by atoms with E-state index in [1.165, 1.54) is 42.7 Å². The van der Waals surface area contributed by atoms with E-state index in [9.17, 15) is 9.59 Å². The third-order valence-electron chi connectivity index (χ3n) is 5.48. The number of ether oxygens (including phenoxy) is 6. The molecular weight excluding hydrogens is 416 g/mol. The van der Waals surface area contributed by atoms with Crippen molar-refractivity contribution in [3.8, 4) is 34.5 Å². The lowest BCUT2D eigenvalue weighted by molar-refractivity contribution is 0.0793. The Morgan fingerprint density at radius 2 is 0.781 bits per heavy atom. The summed E-state index contributed by atoms with van der Waals surface area (Å²) >= 11 is 0. The van der Waals surface area contributed by atoms with Crippen molar-refractivity contribution in [2.45, 2.75) is 13.8 Å². The molecule has 8 heteroatoms. The Morgan fingerprint density at radius 1 is 0.531 bits per heavy atom. The van der Waals surface area contributed by atoms with Crippen LogP contribution in [0.5, 0.6) is 34.5 Å². The van der Waals surface area contributed by atoms with Gasteiger partial charge in [0.1, 0.15) is 0 Å². The van der Waals surface area contributed by atoms with Crippen LogP contribution in [-0.4, -0.2) is 54.2 Å². The van der Waals surface area contributed by atoms with E-state index in [0.717, 1.165) is 0 Å². The molecule has 0 aliphatic rings. The van der Waals surface area contributed by atoms with E-state index in [2.05, 4.69) is 0 Å². The van der Waals surface area contributed by atoms with Gasteiger partial charge < -0.3 is 28.4 Å². The fourth-order valence-electron chi connectivity index (χ4n) is 3.43. The van der Waals surface area contributed by atoms with Crippen LogP contribution >= 0.6 is 0 Å². The van der Waals surface area contributed by atoms with Gasteiger partial charge in [-0.1, -0.05) is 13.8 Å². The van der Waals surface area contributed by atoms with Crippen LogP contribution in [0.3, 0.4) is 0 Å². The third-order valence-corrected chi connectivity index (χ3v) is 5.48. The van der Waals surface area contributed by atoms with Crippen LogP contribution < -0.4 is 28.4 Å². The number of carbonyl (C=O) groups is 2. The highest BCUT2D eigenvalue weighted by atomic mass is 16.5. The molecule has 2 atom stereocenters. The van der Waals surface area contributed by atoms with Crippen LogP contribution in [0.4, 0.5) is 0 Å². The van der Waals surface area contributed by atoms with Crippen LogP contribution in [0.2, 0.25) is 0 Å². The molecule has 0 heterocycles. The summed E-state index contributed by atoms with van der Waals surface area (Å²) < 4.78 is 32.0. The van der Waals surface area contributed by atoms with Crippen LogP contribution in [-0.2, 0) is 0 Å². The summed E-state index contributed by atoms with van der Waals surface area (Å²) in [4.78, 5) is 26.5. The molecule has 0 saturated heterocycles. The first kappa shape index (κ1) is 24.8. The fraction of sp³-hybridized carbons (Fsp3) is 0.417. The summed E-state index contributed by atoms with van der Waals surface area (Å²) in [7, 11) is 8.89. The summed E-state index contributed by atoms with van der Waals surface area (Å²) in [6, 6.07) is 6.32. The molecule has 0 aliphatic heterocycles. The van der Waals surface area contributed by atoms with E-state index in [-0.39, 0.29) is 11.6 Å². The predicted molar refractivity (Wildman–Crippen MR) is 119 cm³/mol. The van der Waals surface area contributed by atoms with Gasteiger partial charge >= 0.3 is 0 Å². The Hall–Kier alpha value is -3.42. The van der Waals surface area contributed by atoms with Gasteiger partial charge in [-0.25, -0.2) is 0 Å². The van der Waals surface area contributed by atoms with E-state index >= 15 is 0 Å². The summed E-state index contributed by atoms with van der Waals surface area (Å²) in [5, 5.41) is 0. The summed E-state index contributed by atoms with van der Waals surface area (Å²) in [6.07, 6.45) is 0. The lowest BCUT2D eigenvalue weighted by Gasteiger charge is -2.20. The number of methoxy groups -OCH3 is 6. The van der Waals surface area contributed by atoms with Crippen molar-refractivity contribution in [1.29, 1.82) is 0 Å². The molecular formula is C24H30O8. The van der Waals surface area contributed by atoms with Gasteiger partial charge in [-0.2, -0.15) is 0 Å². The number of Topliss-reactive ketones (excluding diaryl/α,β-unsaturated/α-hetero) is 2. The first-order chi connectivity index (χ1) is 15.3. The molecule has 0 bridgehead atoms. The molecule has 0 aromatic heterocycles. The molecule has 174 valence electrons. The van der Waals surface area contributed by atoms with Crippen molar-refractivity contribution < 1.29 is 38.0 Å². The summed E-state index contributed by atoms with van der Waals surface area (Å²) in [6.45, 7) is 3.43. The Balaban J connectivity index is 2.39. The topological polar surface area (TPSA) is 89.5 Å². The van der Waals surface area contributed by atoms with E-state index < -0.39 is 11.8 Å². The maximum Gasteiger partial charge on any atom is 0.203 e. The monoisotopic (exact) mass is 446 g/mol. The lowest BCUT2D eigenvalue weighted by Crippen LogP contribution is -2.26. The third kappa shape index (κ3) is 4.74. The van der Waals surface area contributed by atoms with Gasteiger partial charge in [0.05, 0.1) is 42.7 Å². The van der Waals surface area contributed by atoms with Crippen molar-refractivity contribution >= 4 is 11.6 Å². The summed E-state index contributed by atoms with van der Waals surface area (Å²) in [5.74, 6) is 0.555. The number of hydrogen-bond donors (Lipinski definition) is 0. The average Bonchev–Trinajstić information content (AvgIpc) is 2.84. The van der Waals surface area contributed by atoms with Crippen molar-refractivity contribution in [1.82, 2.24) is 0 Å². The predicted octanol–water partition coefficient (Wildman–Crippen LogP) is 4.08. The van der Waals surface area contributed by atoms with Crippen LogP contribution in [0, 0.1) is 11.8 Å². The first-order valence-corrected chi connectivity index (χ1v) is 9.96. The highest BCUT2D eigenvalue weighted by Gasteiger charge is 2.30. The van der Waals surface area contributed by atoms with Crippen LogP contribution in [0.1, 0.15) is 34.6 Å². The Labute approximate surface area is 188 Å². The van der Waals surface area contributed by atoms with E-state index in [1.807, 2.05) is 0 Å². The smallest absolute Gasteiger partial charge is 0.203 e. The second-order valence-corrected chi connectivity index (χ2v) is 7.13. The molecule has 2 rings (SSSR count). The fourth-order valence-corrected chi connectivity index (χ4v) is 3.43. The number of carbonyl (C=O) groups excluding carboxylic acids is 2. The van der Waals surface area contributed by atoms with Crippen molar-refractivity contribution in [3.63, 3.8) is 0 Å². The highest BCUT2D eigenvalue weighted by Crippen LogP contribution is 2.41. The SMILES string of the molecule is COc1cc(C(=O)[C@@H](C)[C@H](C)C(=O)c2cc(OC)c(OC)c(OC)c2)cc(OC)c1OC. The normalized spacial score (nSPS) is 12.4. The minimum atomic E-state index is -0.621. The van der Waals surface area contributed by atoms with Crippen molar-refractivity contribution in [2.24, 2.45) is 11.8 Å². The zero-order valence-corrected chi connectivity index (χ0v) is 19.7. The van der Waals surface area contributed by atoms with Crippen LogP contribution in [0.15, 0.2) is 24.3 Å². The minimum Gasteiger partial charge on any atom is -0.493 e. The standard InChI is InChI=1S/C24H30O8/c1-13(21(25)15-9-17(27-3)23(31-7)18(10-15)28-4)14(2)22(26)16-11-19(29-5)24(32-8)20(12-16)30-6/h9-14H,1-8H3/t13-,14-/m0/s1. The van der Waals surface area contributed by atoms with Crippen molar-refractivity contribution in [2.75, 3.05) is 42.7 Å². The van der Waals surface area contributed by atoms with Crippen LogP contribution in [0.25, 0.3) is 0 Å². The summed E-state index contributed by atoms with van der Waals surface area (Å²) in [5.41, 5.74) is 0.716. The molecule has 0 spiro atoms. The maximum atomic E-state index is 13.2. The number of hydrogen-bond acceptors (Lipinski definition) is 8. The highest BCUT2D eigenvalue weighted by molar-refractivity contribution is 6.05. The number of rotatable bonds is 11. The molecule has 0 aliphatic carbocycles. The van der Waals surface area contributed by atoms with E-state index in [0.29, 0.717) is 45.6 Å². The van der Waals surface area contributed by atoms with Gasteiger partial charge in [-0.3, -0.25) is 9.59 Å². The van der Waals surface area contributed by atoms with Gasteiger partial charge in [0.2, 0.25) is 11.5 Å². The molecule has 0 unspecified atom stereocenters. The Morgan fingerprint density at radius 3 is 0.969 bits per heavy atom. The molecule has 0 fully saturated rings. The van der Waals surface area contributed by atoms with Gasteiger partial charge in [0.25, 0.3) is 0 Å². The lowest BCUT2D eigenvalue weighted by atomic mass is 9.83. The maximum absolute atomic E-state index is 13.2. The Bertz CT molecular complexity index is 852. The number of ketones is 2. The molecule has 0 N–H and O–H groups in total. The van der Waals surface area contributed by atoms with Gasteiger partial charge in [0, 0.05) is 23.0 Å². The largest absolute Gasteiger partial charge is 0.493 e. The van der Waals surface area contributed by atoms with E-state index in [1.54, 1.807) is 38.1 Å². The zero-order chi connectivity index (χ0) is 24.0. The Kier molecular flexibility index (Phi) is 8.34. The first-order valence-electron chi connectivity index (χ1n) is 9.96. The molecule has 2 aromatic carbocycles. The van der Waals surface area contributed by atoms with Gasteiger partial charge in [0.15, 0.2) is 34.6 Å². The van der Waals surface area contributed by atoms with Crippen molar-refractivity contribution in [3.05, 3.63) is 35.4 Å². The number of benzene rings is 2. The second-order valence-electron chi connectivity index (χ2n) is 7.13. The van der Waals surface area contributed by atoms with Gasteiger partial charge in [-0.05, 0) is 24.3 Å². The second kappa shape index (κ2) is 10.7. The average molecular weight is 446 g/mol. The molecule has 32 heavy (non-hydrogen) atoms. The molecule has 0 amide bonds. The molecule has 0 saturated carbocycles. The molecule has 0 radical (unpaired) electrons. The molecule has 8 nitrogen and oxygen atoms in total. The quantitative estimate of drug-likeness (QED) is 0.477. The minimum absolute atomic E-state index is 0.224. The van der Waals surface area contributed by atoms with Gasteiger partial charge in [-0.15, -0.1) is 0 Å².